The molecule has 0 aromatic heterocycles. The highest BCUT2D eigenvalue weighted by molar-refractivity contribution is 5.76. The Balaban J connectivity index is 1.88. The van der Waals surface area contributed by atoms with Crippen molar-refractivity contribution < 1.29 is 98.7 Å². The predicted octanol–water partition coefficient (Wildman–Crippen LogP) is -7.51. The van der Waals surface area contributed by atoms with Gasteiger partial charge in [-0.1, -0.05) is 0 Å². The molecule has 12 N–H and O–H groups in total. The maximum atomic E-state index is 12.6. The quantitative estimate of drug-likeness (QED) is 0.0787. The zero-order valence-corrected chi connectivity index (χ0v) is 26.5. The Morgan fingerprint density at radius 2 is 1.47 bits per heavy atom. The van der Waals surface area contributed by atoms with Crippen LogP contribution in [0.15, 0.2) is 0 Å². The van der Waals surface area contributed by atoms with E-state index >= 15 is 0 Å². The van der Waals surface area contributed by atoms with E-state index in [1.807, 2.05) is 0 Å². The number of carboxylic acid groups (broad SMARTS) is 1. The van der Waals surface area contributed by atoms with Crippen molar-refractivity contribution in [2.75, 3.05) is 19.8 Å². The zero-order chi connectivity index (χ0) is 37.0. The summed E-state index contributed by atoms with van der Waals surface area (Å²) in [5, 5.41) is 108. The minimum Gasteiger partial charge on any atom is -0.477 e. The van der Waals surface area contributed by atoms with Crippen LogP contribution in [0.3, 0.4) is 0 Å². The van der Waals surface area contributed by atoms with Gasteiger partial charge >= 0.3 is 11.9 Å². The Morgan fingerprint density at radius 1 is 0.857 bits per heavy atom. The summed E-state index contributed by atoms with van der Waals surface area (Å²) >= 11 is 0. The van der Waals surface area contributed by atoms with Crippen LogP contribution in [0.4, 0.5) is 0 Å². The average Bonchev–Trinajstić information content (AvgIpc) is 3.02. The molecule has 49 heavy (non-hydrogen) atoms. The van der Waals surface area contributed by atoms with Gasteiger partial charge < -0.3 is 90.1 Å². The van der Waals surface area contributed by atoms with E-state index in [2.05, 4.69) is 10.6 Å². The van der Waals surface area contributed by atoms with E-state index in [9.17, 15) is 70.2 Å². The molecule has 3 heterocycles. The molecule has 282 valence electrons. The maximum Gasteiger partial charge on any atom is 0.364 e. The van der Waals surface area contributed by atoms with Crippen molar-refractivity contribution in [2.45, 2.75) is 125 Å². The first kappa shape index (κ1) is 40.7. The fourth-order valence-corrected chi connectivity index (χ4v) is 5.78. The van der Waals surface area contributed by atoms with Crippen molar-refractivity contribution >= 4 is 23.8 Å². The first-order valence-electron chi connectivity index (χ1n) is 15.1. The highest BCUT2D eigenvalue weighted by atomic mass is 16.8. The highest BCUT2D eigenvalue weighted by Crippen LogP contribution is 2.36. The van der Waals surface area contributed by atoms with Crippen LogP contribution in [0.1, 0.15) is 27.2 Å². The molecule has 0 saturated carbocycles. The van der Waals surface area contributed by atoms with E-state index in [4.69, 9.17) is 28.4 Å². The largest absolute Gasteiger partial charge is 0.477 e. The molecule has 0 radical (unpaired) electrons. The molecule has 3 aliphatic rings. The fraction of sp³-hybridized carbons (Fsp3) is 0.852. The van der Waals surface area contributed by atoms with Gasteiger partial charge in [0.25, 0.3) is 5.79 Å². The molecule has 3 aliphatic heterocycles. The Bertz CT molecular complexity index is 1160. The van der Waals surface area contributed by atoms with E-state index in [0.717, 1.165) is 20.8 Å². The van der Waals surface area contributed by atoms with Gasteiger partial charge in [0.05, 0.1) is 32.0 Å². The second-order valence-electron chi connectivity index (χ2n) is 11.9. The Hall–Kier alpha value is -2.68. The molecule has 0 aromatic rings. The molecule has 0 aliphatic carbocycles. The van der Waals surface area contributed by atoms with Crippen molar-refractivity contribution in [1.82, 2.24) is 10.6 Å². The predicted molar refractivity (Wildman–Crippen MR) is 151 cm³/mol. The van der Waals surface area contributed by atoms with Gasteiger partial charge in [-0.3, -0.25) is 14.4 Å². The third-order valence-electron chi connectivity index (χ3n) is 8.14. The number of hydrogen-bond donors (Lipinski definition) is 12. The number of carbonyl (C=O) groups excluding carboxylic acids is 3. The summed E-state index contributed by atoms with van der Waals surface area (Å²) in [5.74, 6) is -7.22. The monoisotopic (exact) mass is 716 g/mol. The van der Waals surface area contributed by atoms with Crippen LogP contribution in [0.25, 0.3) is 0 Å². The summed E-state index contributed by atoms with van der Waals surface area (Å²) < 4.78 is 32.6. The van der Waals surface area contributed by atoms with Crippen LogP contribution in [0.2, 0.25) is 0 Å². The van der Waals surface area contributed by atoms with Gasteiger partial charge in [0.2, 0.25) is 11.8 Å². The number of ether oxygens (including phenoxy) is 6. The first-order valence-corrected chi connectivity index (χ1v) is 15.1. The van der Waals surface area contributed by atoms with Crippen LogP contribution in [0.5, 0.6) is 0 Å². The normalized spacial score (nSPS) is 40.9. The smallest absolute Gasteiger partial charge is 0.364 e. The fourth-order valence-electron chi connectivity index (χ4n) is 5.78. The molecule has 22 heteroatoms. The van der Waals surface area contributed by atoms with Crippen molar-refractivity contribution in [3.05, 3.63) is 0 Å². The lowest BCUT2D eigenvalue weighted by atomic mass is 9.88. The van der Waals surface area contributed by atoms with Gasteiger partial charge in [-0.05, 0) is 0 Å². The Labute approximate surface area is 278 Å². The summed E-state index contributed by atoms with van der Waals surface area (Å²) in [6.07, 6.45) is -24.9. The molecule has 0 aromatic carbocycles. The third kappa shape index (κ3) is 9.36. The number of aliphatic hydroxyl groups is 9. The summed E-state index contributed by atoms with van der Waals surface area (Å²) in [5.41, 5.74) is 0. The molecule has 22 nitrogen and oxygen atoms in total. The molecular weight excluding hydrogens is 672 g/mol. The topological polar surface area (TPSA) is 350 Å². The van der Waals surface area contributed by atoms with Gasteiger partial charge in [0, 0.05) is 27.2 Å². The Kier molecular flexibility index (Phi) is 14.2. The van der Waals surface area contributed by atoms with E-state index in [1.54, 1.807) is 0 Å². The van der Waals surface area contributed by atoms with Gasteiger partial charge in [0.15, 0.2) is 18.7 Å². The van der Waals surface area contributed by atoms with Crippen LogP contribution in [0, 0.1) is 0 Å². The van der Waals surface area contributed by atoms with E-state index in [1.165, 1.54) is 0 Å². The van der Waals surface area contributed by atoms with Gasteiger partial charge in [-0.25, -0.2) is 4.79 Å². The number of rotatable bonds is 13. The summed E-state index contributed by atoms with van der Waals surface area (Å²) in [6, 6.07) is -3.01. The number of hydrogen-bond acceptors (Lipinski definition) is 19. The lowest BCUT2D eigenvalue weighted by Crippen LogP contribution is -2.69. The minimum atomic E-state index is -2.88. The van der Waals surface area contributed by atoms with E-state index < -0.39 is 148 Å². The molecule has 0 bridgehead atoms. The lowest BCUT2D eigenvalue weighted by Gasteiger charge is -2.48. The van der Waals surface area contributed by atoms with Gasteiger partial charge in [0.1, 0.15) is 61.0 Å². The average molecular weight is 717 g/mol. The Morgan fingerprint density at radius 3 is 2.00 bits per heavy atom. The number of amides is 2. The highest BCUT2D eigenvalue weighted by Gasteiger charge is 2.58. The molecular formula is C27H44N2O20. The molecule has 16 atom stereocenters. The van der Waals surface area contributed by atoms with Crippen molar-refractivity contribution in [1.29, 1.82) is 0 Å². The maximum absolute atomic E-state index is 12.6. The van der Waals surface area contributed by atoms with Crippen LogP contribution in [-0.4, -0.2) is 192 Å². The van der Waals surface area contributed by atoms with Crippen molar-refractivity contribution in [2.24, 2.45) is 0 Å². The van der Waals surface area contributed by atoms with Crippen LogP contribution in [-0.2, 0) is 47.6 Å². The lowest BCUT2D eigenvalue weighted by molar-refractivity contribution is -0.358. The number of esters is 1. The number of aliphatic carboxylic acids is 1. The number of carbonyl (C=O) groups is 4. The van der Waals surface area contributed by atoms with E-state index in [-0.39, 0.29) is 0 Å². The second kappa shape index (κ2) is 17.0. The second-order valence-corrected chi connectivity index (χ2v) is 11.9. The summed E-state index contributed by atoms with van der Waals surface area (Å²) in [7, 11) is 0. The van der Waals surface area contributed by atoms with Crippen molar-refractivity contribution in [3.63, 3.8) is 0 Å². The molecule has 3 fully saturated rings. The number of carboxylic acids is 1. The molecule has 2 amide bonds. The van der Waals surface area contributed by atoms with Gasteiger partial charge in [-0.15, -0.1) is 0 Å². The van der Waals surface area contributed by atoms with Crippen molar-refractivity contribution in [3.8, 4) is 0 Å². The molecule has 0 spiro atoms. The molecule has 3 rings (SSSR count). The van der Waals surface area contributed by atoms with Crippen LogP contribution < -0.4 is 10.6 Å². The van der Waals surface area contributed by atoms with Crippen LogP contribution >= 0.6 is 0 Å². The van der Waals surface area contributed by atoms with E-state index in [0.29, 0.717) is 0 Å². The summed E-state index contributed by atoms with van der Waals surface area (Å²) in [4.78, 5) is 47.9. The number of aliphatic hydroxyl groups excluding tert-OH is 9. The number of nitrogens with one attached hydrogen (secondary N) is 2. The minimum absolute atomic E-state index is 0.685. The third-order valence-corrected chi connectivity index (χ3v) is 8.14. The molecule has 3 saturated heterocycles. The molecule has 1 unspecified atom stereocenters. The first-order chi connectivity index (χ1) is 22.9. The zero-order valence-electron chi connectivity index (χ0n) is 26.5. The summed E-state index contributed by atoms with van der Waals surface area (Å²) in [6.45, 7) is 0.166. The van der Waals surface area contributed by atoms with Gasteiger partial charge in [-0.2, -0.15) is 0 Å². The SMILES string of the molecule is CC(=O)N[C@H]1[C@H]([C@H](OC(C)=O)[C@H](O)CO)O[C@@](OC[C@H]2O[C@@H](O[C@H]3[C@H](O)[C@@H](NC(C)=O)C(O)O[C@@H]3CO)[C@H](O)[C@@H](O)[C@H]2O)(C(=O)O)C[C@@H]1O. The standard InChI is InChI=1S/C27H44N2O20/c1-8(32)28-15-11(35)4-27(26(42)43,49-23(15)21(12(36)5-30)45-10(3)34)44-7-14-17(37)19(39)20(40)25(47-14)48-22-13(6-31)46-24(41)16(18(22)38)29-9(2)33/h11-25,30-31,35-41H,4-7H2,1-3H3,(H,28,32)(H,29,33)(H,42,43)/t11-,12+,13+,14+,15+,16+,17-,18+,19-,20+,21+,22+,23+,24?,25-,27+/m0/s1.